The molecule has 1 amide bonds. The predicted octanol–water partition coefficient (Wildman–Crippen LogP) is 2.37. The molecule has 1 fully saturated rings. The van der Waals surface area contributed by atoms with Crippen molar-refractivity contribution >= 4 is 23.2 Å². The maximum Gasteiger partial charge on any atom is 0.287 e. The number of anilines is 1. The first-order valence-corrected chi connectivity index (χ1v) is 8.84. The summed E-state index contributed by atoms with van der Waals surface area (Å²) in [5.41, 5.74) is 1.09. The van der Waals surface area contributed by atoms with Gasteiger partial charge in [0.25, 0.3) is 5.56 Å². The van der Waals surface area contributed by atoms with Crippen molar-refractivity contribution in [3.8, 4) is 0 Å². The fourth-order valence-electron chi connectivity index (χ4n) is 2.89. The molecule has 7 heteroatoms. The highest BCUT2D eigenvalue weighted by molar-refractivity contribution is 6.32. The molecule has 132 valence electrons. The van der Waals surface area contributed by atoms with Crippen LogP contribution in [0.2, 0.25) is 5.02 Å². The fourth-order valence-corrected chi connectivity index (χ4v) is 3.10. The molecule has 2 heterocycles. The van der Waals surface area contributed by atoms with Crippen molar-refractivity contribution in [3.05, 3.63) is 57.5 Å². The molecule has 0 saturated carbocycles. The van der Waals surface area contributed by atoms with Crippen molar-refractivity contribution in [3.63, 3.8) is 0 Å². The molecule has 0 unspecified atom stereocenters. The van der Waals surface area contributed by atoms with Gasteiger partial charge in [0.2, 0.25) is 5.91 Å². The van der Waals surface area contributed by atoms with Gasteiger partial charge in [-0.3, -0.25) is 9.59 Å². The van der Waals surface area contributed by atoms with Gasteiger partial charge in [-0.2, -0.15) is 5.10 Å². The van der Waals surface area contributed by atoms with Gasteiger partial charge in [-0.25, -0.2) is 4.68 Å². The van der Waals surface area contributed by atoms with Crippen molar-refractivity contribution in [2.45, 2.75) is 25.8 Å². The van der Waals surface area contributed by atoms with E-state index in [1.165, 1.54) is 10.9 Å². The van der Waals surface area contributed by atoms with Crippen LogP contribution >= 0.6 is 11.6 Å². The van der Waals surface area contributed by atoms with Gasteiger partial charge in [0.15, 0.2) is 0 Å². The van der Waals surface area contributed by atoms with Gasteiger partial charge >= 0.3 is 0 Å². The van der Waals surface area contributed by atoms with Gasteiger partial charge in [-0.1, -0.05) is 41.9 Å². The standard InChI is InChI=1S/C18H21ClN4O2/c19-17-15(20-9-8-16(24)22-10-4-5-11-22)12-21-23(18(17)25)13-14-6-2-1-3-7-14/h1-3,6-7,12,20H,4-5,8-11,13H2. The number of carbonyl (C=O) groups is 1. The zero-order valence-corrected chi connectivity index (χ0v) is 14.7. The first-order chi connectivity index (χ1) is 12.1. The number of halogens is 1. The molecule has 1 aromatic carbocycles. The molecule has 0 bridgehead atoms. The molecule has 0 atom stereocenters. The average molecular weight is 361 g/mol. The average Bonchev–Trinajstić information content (AvgIpc) is 3.16. The van der Waals surface area contributed by atoms with Crippen molar-refractivity contribution in [1.29, 1.82) is 0 Å². The molecule has 1 aliphatic heterocycles. The third kappa shape index (κ3) is 4.39. The molecule has 0 aliphatic carbocycles. The Labute approximate surface area is 151 Å². The zero-order chi connectivity index (χ0) is 17.6. The molecule has 3 rings (SSSR count). The van der Waals surface area contributed by atoms with Gasteiger partial charge in [-0.15, -0.1) is 0 Å². The number of carbonyl (C=O) groups excluding carboxylic acids is 1. The largest absolute Gasteiger partial charge is 0.382 e. The van der Waals surface area contributed by atoms with E-state index < -0.39 is 0 Å². The fraction of sp³-hybridized carbons (Fsp3) is 0.389. The lowest BCUT2D eigenvalue weighted by molar-refractivity contribution is -0.129. The SMILES string of the molecule is O=C(CCNc1cnn(Cc2ccccc2)c(=O)c1Cl)N1CCCC1. The van der Waals surface area contributed by atoms with Gasteiger partial charge in [-0.05, 0) is 18.4 Å². The summed E-state index contributed by atoms with van der Waals surface area (Å²) in [4.78, 5) is 26.2. The van der Waals surface area contributed by atoms with E-state index in [1.54, 1.807) is 0 Å². The Morgan fingerprint density at radius 3 is 2.64 bits per heavy atom. The molecule has 1 aliphatic rings. The van der Waals surface area contributed by atoms with Gasteiger partial charge in [0, 0.05) is 26.1 Å². The Morgan fingerprint density at radius 1 is 1.20 bits per heavy atom. The number of rotatable bonds is 6. The molecule has 1 N–H and O–H groups in total. The molecule has 6 nitrogen and oxygen atoms in total. The third-order valence-electron chi connectivity index (χ3n) is 4.27. The number of hydrogen-bond acceptors (Lipinski definition) is 4. The lowest BCUT2D eigenvalue weighted by Gasteiger charge is -2.15. The van der Waals surface area contributed by atoms with Crippen LogP contribution in [0, 0.1) is 0 Å². The molecule has 1 aromatic heterocycles. The second-order valence-electron chi connectivity index (χ2n) is 6.09. The van der Waals surface area contributed by atoms with E-state index in [0.717, 1.165) is 31.5 Å². The van der Waals surface area contributed by atoms with Crippen molar-refractivity contribution in [1.82, 2.24) is 14.7 Å². The lowest BCUT2D eigenvalue weighted by atomic mass is 10.2. The van der Waals surface area contributed by atoms with Crippen molar-refractivity contribution in [2.75, 3.05) is 25.0 Å². The number of benzene rings is 1. The predicted molar refractivity (Wildman–Crippen MR) is 98.0 cm³/mol. The lowest BCUT2D eigenvalue weighted by Crippen LogP contribution is -2.29. The first-order valence-electron chi connectivity index (χ1n) is 8.46. The molecular weight excluding hydrogens is 340 g/mol. The smallest absolute Gasteiger partial charge is 0.287 e. The normalized spacial score (nSPS) is 13.9. The van der Waals surface area contributed by atoms with E-state index in [-0.39, 0.29) is 16.5 Å². The monoisotopic (exact) mass is 360 g/mol. The summed E-state index contributed by atoms with van der Waals surface area (Å²) in [7, 11) is 0. The van der Waals surface area contributed by atoms with Crippen LogP contribution in [0.4, 0.5) is 5.69 Å². The zero-order valence-electron chi connectivity index (χ0n) is 13.9. The molecule has 1 saturated heterocycles. The Hall–Kier alpha value is -2.34. The minimum Gasteiger partial charge on any atom is -0.382 e. The van der Waals surface area contributed by atoms with Crippen LogP contribution in [-0.2, 0) is 11.3 Å². The van der Waals surface area contributed by atoms with Crippen LogP contribution in [-0.4, -0.2) is 40.2 Å². The number of amides is 1. The highest BCUT2D eigenvalue weighted by Crippen LogP contribution is 2.16. The van der Waals surface area contributed by atoms with Crippen LogP contribution in [0.1, 0.15) is 24.8 Å². The molecule has 25 heavy (non-hydrogen) atoms. The van der Waals surface area contributed by atoms with E-state index in [9.17, 15) is 9.59 Å². The number of likely N-dealkylation sites (tertiary alicyclic amines) is 1. The molecule has 0 radical (unpaired) electrons. The number of nitrogens with one attached hydrogen (secondary N) is 1. The van der Waals surface area contributed by atoms with Gasteiger partial charge in [0.1, 0.15) is 5.02 Å². The van der Waals surface area contributed by atoms with Crippen LogP contribution < -0.4 is 10.9 Å². The van der Waals surface area contributed by atoms with E-state index in [4.69, 9.17) is 11.6 Å². The van der Waals surface area contributed by atoms with Crippen LogP contribution in [0.15, 0.2) is 41.3 Å². The number of hydrogen-bond donors (Lipinski definition) is 1. The molecule has 0 spiro atoms. The highest BCUT2D eigenvalue weighted by Gasteiger charge is 2.17. The number of aromatic nitrogens is 2. The third-order valence-corrected chi connectivity index (χ3v) is 4.64. The summed E-state index contributed by atoms with van der Waals surface area (Å²) in [6.07, 6.45) is 4.07. The number of nitrogens with zero attached hydrogens (tertiary/aromatic N) is 3. The first kappa shape index (κ1) is 17.5. The van der Waals surface area contributed by atoms with Crippen LogP contribution in [0.3, 0.4) is 0 Å². The summed E-state index contributed by atoms with van der Waals surface area (Å²) >= 11 is 6.18. The molecular formula is C18H21ClN4O2. The van der Waals surface area contributed by atoms with E-state index in [0.29, 0.717) is 25.2 Å². The topological polar surface area (TPSA) is 67.2 Å². The second kappa shape index (κ2) is 8.16. The van der Waals surface area contributed by atoms with E-state index in [1.807, 2.05) is 35.2 Å². The van der Waals surface area contributed by atoms with E-state index in [2.05, 4.69) is 10.4 Å². The van der Waals surface area contributed by atoms with Gasteiger partial charge in [0.05, 0.1) is 18.4 Å². The summed E-state index contributed by atoms with van der Waals surface area (Å²) < 4.78 is 1.33. The summed E-state index contributed by atoms with van der Waals surface area (Å²) in [6, 6.07) is 9.60. The minimum atomic E-state index is -0.346. The maximum atomic E-state index is 12.4. The Morgan fingerprint density at radius 2 is 1.92 bits per heavy atom. The van der Waals surface area contributed by atoms with E-state index >= 15 is 0 Å². The molecule has 2 aromatic rings. The van der Waals surface area contributed by atoms with Gasteiger partial charge < -0.3 is 10.2 Å². The summed E-state index contributed by atoms with van der Waals surface area (Å²) in [5, 5.41) is 7.31. The maximum absolute atomic E-state index is 12.4. The second-order valence-corrected chi connectivity index (χ2v) is 6.46. The van der Waals surface area contributed by atoms with Crippen molar-refractivity contribution < 1.29 is 4.79 Å². The Bertz CT molecular complexity index is 785. The quantitative estimate of drug-likeness (QED) is 0.858. The van der Waals surface area contributed by atoms with Crippen LogP contribution in [0.5, 0.6) is 0 Å². The Kier molecular flexibility index (Phi) is 5.71. The van der Waals surface area contributed by atoms with Crippen molar-refractivity contribution in [2.24, 2.45) is 0 Å². The Balaban J connectivity index is 1.60. The summed E-state index contributed by atoms with van der Waals surface area (Å²) in [5.74, 6) is 0.131. The minimum absolute atomic E-state index is 0.0968. The summed E-state index contributed by atoms with van der Waals surface area (Å²) in [6.45, 7) is 2.49. The van der Waals surface area contributed by atoms with Crippen LogP contribution in [0.25, 0.3) is 0 Å². The highest BCUT2D eigenvalue weighted by atomic mass is 35.5.